The van der Waals surface area contributed by atoms with Gasteiger partial charge in [-0.1, -0.05) is 48.5 Å². The molecule has 0 saturated heterocycles. The molecule has 0 aromatic heterocycles. The normalized spacial score (nSPS) is 10.6. The molecule has 2 aromatic rings. The van der Waals surface area contributed by atoms with Gasteiger partial charge in [0.15, 0.2) is 0 Å². The highest BCUT2D eigenvalue weighted by molar-refractivity contribution is 7.99. The third-order valence-electron chi connectivity index (χ3n) is 2.86. The van der Waals surface area contributed by atoms with E-state index in [1.165, 1.54) is 5.56 Å². The van der Waals surface area contributed by atoms with E-state index in [1.807, 2.05) is 30.3 Å². The fourth-order valence-corrected chi connectivity index (χ4v) is 3.07. The molecule has 0 aliphatic rings. The monoisotopic (exact) mass is 307 g/mol. The zero-order chi connectivity index (χ0) is 14.4. The summed E-state index contributed by atoms with van der Waals surface area (Å²) in [6.45, 7) is 3.89. The van der Waals surface area contributed by atoms with Gasteiger partial charge in [0.1, 0.15) is 5.75 Å². The summed E-state index contributed by atoms with van der Waals surface area (Å²) in [7, 11) is 1.68. The molecular formula is C16H18ClNOS. The van der Waals surface area contributed by atoms with Crippen molar-refractivity contribution in [1.29, 1.82) is 0 Å². The second-order valence-electron chi connectivity index (χ2n) is 4.30. The molecule has 4 heteroatoms. The number of benzene rings is 2. The first-order valence-corrected chi connectivity index (χ1v) is 7.74. The van der Waals surface area contributed by atoms with Crippen LogP contribution < -0.4 is 10.1 Å². The third-order valence-corrected chi connectivity index (χ3v) is 4.42. The summed E-state index contributed by atoms with van der Waals surface area (Å²) in [5.41, 5.74) is 1.20. The average Bonchev–Trinajstić information content (AvgIpc) is 2.48. The van der Waals surface area contributed by atoms with E-state index in [2.05, 4.69) is 24.4 Å². The van der Waals surface area contributed by atoms with Crippen LogP contribution in [-0.2, 0) is 6.54 Å². The molecule has 20 heavy (non-hydrogen) atoms. The Morgan fingerprint density at radius 1 is 1.15 bits per heavy atom. The second-order valence-corrected chi connectivity index (χ2v) is 5.79. The average molecular weight is 308 g/mol. The quantitative estimate of drug-likeness (QED) is 0.842. The highest BCUT2D eigenvalue weighted by Crippen LogP contribution is 2.38. The topological polar surface area (TPSA) is 21.3 Å². The maximum absolute atomic E-state index is 6.36. The minimum Gasteiger partial charge on any atom is -0.496 e. The van der Waals surface area contributed by atoms with Crippen molar-refractivity contribution in [2.75, 3.05) is 13.7 Å². The van der Waals surface area contributed by atoms with Crippen LogP contribution in [0.1, 0.15) is 12.5 Å². The van der Waals surface area contributed by atoms with Crippen molar-refractivity contribution in [3.05, 3.63) is 53.1 Å². The van der Waals surface area contributed by atoms with Gasteiger partial charge < -0.3 is 10.1 Å². The summed E-state index contributed by atoms with van der Waals surface area (Å²) in [5, 5.41) is 4.07. The molecule has 0 saturated carbocycles. The lowest BCUT2D eigenvalue weighted by molar-refractivity contribution is 0.405. The Morgan fingerprint density at radius 3 is 2.65 bits per heavy atom. The molecule has 0 radical (unpaired) electrons. The smallest absolute Gasteiger partial charge is 0.132 e. The molecule has 2 aromatic carbocycles. The van der Waals surface area contributed by atoms with Gasteiger partial charge in [-0.15, -0.1) is 0 Å². The van der Waals surface area contributed by atoms with Crippen molar-refractivity contribution >= 4 is 23.4 Å². The van der Waals surface area contributed by atoms with Gasteiger partial charge in [0.05, 0.1) is 17.0 Å². The number of halogens is 1. The summed E-state index contributed by atoms with van der Waals surface area (Å²) in [6.07, 6.45) is 0. The lowest BCUT2D eigenvalue weighted by Gasteiger charge is -2.10. The molecule has 0 bridgehead atoms. The second kappa shape index (κ2) is 7.58. The zero-order valence-electron chi connectivity index (χ0n) is 11.7. The number of rotatable bonds is 6. The van der Waals surface area contributed by atoms with Crippen molar-refractivity contribution in [2.24, 2.45) is 0 Å². The van der Waals surface area contributed by atoms with Gasteiger partial charge in [-0.2, -0.15) is 0 Å². The highest BCUT2D eigenvalue weighted by Gasteiger charge is 2.08. The lowest BCUT2D eigenvalue weighted by Crippen LogP contribution is -2.11. The molecule has 0 aliphatic carbocycles. The molecule has 2 nitrogen and oxygen atoms in total. The first-order chi connectivity index (χ1) is 9.74. The SMILES string of the molecule is CCNCc1ccc(Sc2ccccc2OC)c(Cl)c1. The van der Waals surface area contributed by atoms with E-state index in [4.69, 9.17) is 16.3 Å². The Labute approximate surface area is 129 Å². The molecule has 0 atom stereocenters. The summed E-state index contributed by atoms with van der Waals surface area (Å²) >= 11 is 7.98. The van der Waals surface area contributed by atoms with E-state index < -0.39 is 0 Å². The van der Waals surface area contributed by atoms with Crippen LogP contribution in [0, 0.1) is 0 Å². The molecule has 0 fully saturated rings. The summed E-state index contributed by atoms with van der Waals surface area (Å²) in [4.78, 5) is 2.10. The van der Waals surface area contributed by atoms with Gasteiger partial charge in [-0.3, -0.25) is 0 Å². The summed E-state index contributed by atoms with van der Waals surface area (Å²) in [5.74, 6) is 0.866. The molecular weight excluding hydrogens is 290 g/mol. The van der Waals surface area contributed by atoms with Crippen LogP contribution in [0.25, 0.3) is 0 Å². The first kappa shape index (κ1) is 15.2. The van der Waals surface area contributed by atoms with Crippen LogP contribution >= 0.6 is 23.4 Å². The Kier molecular flexibility index (Phi) is 5.77. The van der Waals surface area contributed by atoms with E-state index >= 15 is 0 Å². The molecule has 1 N–H and O–H groups in total. The molecule has 0 amide bonds. The predicted molar refractivity (Wildman–Crippen MR) is 85.9 cm³/mol. The number of hydrogen-bond acceptors (Lipinski definition) is 3. The number of ether oxygens (including phenoxy) is 1. The van der Waals surface area contributed by atoms with Crippen molar-refractivity contribution in [3.8, 4) is 5.75 Å². The Bertz CT molecular complexity index is 574. The summed E-state index contributed by atoms with van der Waals surface area (Å²) < 4.78 is 5.36. The Morgan fingerprint density at radius 2 is 1.95 bits per heavy atom. The van der Waals surface area contributed by atoms with Crippen LogP contribution in [0.5, 0.6) is 5.75 Å². The molecule has 0 unspecified atom stereocenters. The standard InChI is InChI=1S/C16H18ClNOS/c1-3-18-11-12-8-9-15(13(17)10-12)20-16-7-5-4-6-14(16)19-2/h4-10,18H,3,11H2,1-2H3. The minimum absolute atomic E-state index is 0.774. The number of hydrogen-bond donors (Lipinski definition) is 1. The van der Waals surface area contributed by atoms with Gasteiger partial charge >= 0.3 is 0 Å². The fourth-order valence-electron chi connectivity index (χ4n) is 1.83. The Balaban J connectivity index is 2.17. The fraction of sp³-hybridized carbons (Fsp3) is 0.250. The van der Waals surface area contributed by atoms with Crippen LogP contribution in [0.4, 0.5) is 0 Å². The van der Waals surface area contributed by atoms with Crippen LogP contribution in [0.2, 0.25) is 5.02 Å². The maximum Gasteiger partial charge on any atom is 0.132 e. The van der Waals surface area contributed by atoms with Crippen LogP contribution in [0.3, 0.4) is 0 Å². The molecule has 2 rings (SSSR count). The first-order valence-electron chi connectivity index (χ1n) is 6.54. The van der Waals surface area contributed by atoms with E-state index in [0.717, 1.165) is 33.7 Å². The van der Waals surface area contributed by atoms with Gasteiger partial charge in [-0.25, -0.2) is 0 Å². The van der Waals surface area contributed by atoms with E-state index in [0.29, 0.717) is 0 Å². The number of para-hydroxylation sites is 1. The Hall–Kier alpha value is -1.16. The van der Waals surface area contributed by atoms with Gasteiger partial charge in [0.25, 0.3) is 0 Å². The summed E-state index contributed by atoms with van der Waals surface area (Å²) in [6, 6.07) is 14.1. The van der Waals surface area contributed by atoms with E-state index in [-0.39, 0.29) is 0 Å². The van der Waals surface area contributed by atoms with Crippen molar-refractivity contribution in [3.63, 3.8) is 0 Å². The van der Waals surface area contributed by atoms with E-state index in [9.17, 15) is 0 Å². The van der Waals surface area contributed by atoms with Crippen molar-refractivity contribution in [2.45, 2.75) is 23.3 Å². The molecule has 0 heterocycles. The van der Waals surface area contributed by atoms with Crippen LogP contribution in [0.15, 0.2) is 52.3 Å². The lowest BCUT2D eigenvalue weighted by atomic mass is 10.2. The van der Waals surface area contributed by atoms with Crippen molar-refractivity contribution < 1.29 is 4.74 Å². The highest BCUT2D eigenvalue weighted by atomic mass is 35.5. The number of nitrogens with one attached hydrogen (secondary N) is 1. The third kappa shape index (κ3) is 3.92. The zero-order valence-corrected chi connectivity index (χ0v) is 13.2. The molecule has 106 valence electrons. The van der Waals surface area contributed by atoms with Gasteiger partial charge in [0.2, 0.25) is 0 Å². The minimum atomic E-state index is 0.774. The van der Waals surface area contributed by atoms with Crippen molar-refractivity contribution in [1.82, 2.24) is 5.32 Å². The van der Waals surface area contributed by atoms with E-state index in [1.54, 1.807) is 18.9 Å². The number of methoxy groups -OCH3 is 1. The predicted octanol–water partition coefficient (Wildman–Crippen LogP) is 4.61. The van der Waals surface area contributed by atoms with Gasteiger partial charge in [0, 0.05) is 11.4 Å². The largest absolute Gasteiger partial charge is 0.496 e. The molecule has 0 aliphatic heterocycles. The molecule has 0 spiro atoms. The van der Waals surface area contributed by atoms with Crippen LogP contribution in [-0.4, -0.2) is 13.7 Å². The maximum atomic E-state index is 6.36. The van der Waals surface area contributed by atoms with Gasteiger partial charge in [-0.05, 0) is 36.4 Å².